The quantitative estimate of drug-likeness (QED) is 0.917. The fourth-order valence-electron chi connectivity index (χ4n) is 1.83. The van der Waals surface area contributed by atoms with Crippen LogP contribution in [-0.2, 0) is 0 Å². The van der Waals surface area contributed by atoms with Gasteiger partial charge >= 0.3 is 0 Å². The van der Waals surface area contributed by atoms with Crippen LogP contribution in [0.15, 0.2) is 42.6 Å². The van der Waals surface area contributed by atoms with Gasteiger partial charge in [-0.05, 0) is 36.8 Å². The molecule has 98 valence electrons. The number of amides is 1. The zero-order chi connectivity index (χ0) is 13.8. The van der Waals surface area contributed by atoms with Crippen molar-refractivity contribution in [3.8, 4) is 0 Å². The van der Waals surface area contributed by atoms with Crippen molar-refractivity contribution in [1.29, 1.82) is 0 Å². The molecule has 1 amide bonds. The van der Waals surface area contributed by atoms with Crippen LogP contribution in [0.5, 0.6) is 0 Å². The van der Waals surface area contributed by atoms with Gasteiger partial charge in [0, 0.05) is 31.7 Å². The number of carbonyl (C=O) groups is 1. The topological polar surface area (TPSA) is 45.2 Å². The summed E-state index contributed by atoms with van der Waals surface area (Å²) in [5.74, 6) is -0.122. The number of nitrogens with zero attached hydrogens (tertiary/aromatic N) is 2. The molecule has 0 saturated carbocycles. The van der Waals surface area contributed by atoms with Crippen molar-refractivity contribution in [2.24, 2.45) is 0 Å². The summed E-state index contributed by atoms with van der Waals surface area (Å²) in [6.45, 7) is 2.00. The van der Waals surface area contributed by atoms with Crippen molar-refractivity contribution in [3.63, 3.8) is 0 Å². The molecule has 19 heavy (non-hydrogen) atoms. The molecule has 0 saturated heterocycles. The van der Waals surface area contributed by atoms with Gasteiger partial charge in [0.05, 0.1) is 0 Å². The molecule has 0 aliphatic heterocycles. The Morgan fingerprint density at radius 1 is 1.26 bits per heavy atom. The molecule has 0 atom stereocenters. The zero-order valence-corrected chi connectivity index (χ0v) is 11.3. The maximum Gasteiger partial charge on any atom is 0.276 e. The second kappa shape index (κ2) is 5.52. The molecule has 2 aromatic rings. The smallest absolute Gasteiger partial charge is 0.276 e. The Kier molecular flexibility index (Phi) is 3.80. The number of rotatable bonds is 3. The van der Waals surface area contributed by atoms with E-state index < -0.39 is 0 Å². The minimum atomic E-state index is -0.122. The SMILES string of the molecule is CNc1ccnc(C(=O)N(C)c2cccc(C)c2)c1. The number of aryl methyl sites for hydroxylation is 1. The highest BCUT2D eigenvalue weighted by molar-refractivity contribution is 6.04. The summed E-state index contributed by atoms with van der Waals surface area (Å²) in [5.41, 5.74) is 3.28. The monoisotopic (exact) mass is 255 g/mol. The third-order valence-corrected chi connectivity index (χ3v) is 2.96. The summed E-state index contributed by atoms with van der Waals surface area (Å²) in [5, 5.41) is 3.00. The lowest BCUT2D eigenvalue weighted by Crippen LogP contribution is -2.27. The first kappa shape index (κ1) is 13.1. The molecule has 0 aliphatic carbocycles. The number of carbonyl (C=O) groups excluding carboxylic acids is 1. The molecule has 0 spiro atoms. The molecule has 0 aliphatic rings. The van der Waals surface area contributed by atoms with Gasteiger partial charge in [-0.3, -0.25) is 9.78 Å². The molecule has 0 fully saturated rings. The number of hydrogen-bond donors (Lipinski definition) is 1. The minimum Gasteiger partial charge on any atom is -0.388 e. The van der Waals surface area contributed by atoms with E-state index in [1.165, 1.54) is 0 Å². The molecule has 1 heterocycles. The lowest BCUT2D eigenvalue weighted by molar-refractivity contribution is 0.0988. The summed E-state index contributed by atoms with van der Waals surface area (Å²) < 4.78 is 0. The van der Waals surface area contributed by atoms with Crippen LogP contribution in [0.2, 0.25) is 0 Å². The Morgan fingerprint density at radius 2 is 2.05 bits per heavy atom. The number of aromatic nitrogens is 1. The predicted molar refractivity (Wildman–Crippen MR) is 77.7 cm³/mol. The van der Waals surface area contributed by atoms with Gasteiger partial charge in [-0.2, -0.15) is 0 Å². The summed E-state index contributed by atoms with van der Waals surface area (Å²) in [7, 11) is 3.57. The lowest BCUT2D eigenvalue weighted by atomic mass is 10.2. The van der Waals surface area contributed by atoms with E-state index in [1.54, 1.807) is 24.2 Å². The molecule has 0 unspecified atom stereocenters. The van der Waals surface area contributed by atoms with Gasteiger partial charge in [0.25, 0.3) is 5.91 Å². The van der Waals surface area contributed by atoms with Gasteiger partial charge in [-0.1, -0.05) is 12.1 Å². The van der Waals surface area contributed by atoms with Crippen molar-refractivity contribution >= 4 is 17.3 Å². The molecular weight excluding hydrogens is 238 g/mol. The van der Waals surface area contributed by atoms with Crippen LogP contribution in [0.3, 0.4) is 0 Å². The fraction of sp³-hybridized carbons (Fsp3) is 0.200. The van der Waals surface area contributed by atoms with Crippen LogP contribution < -0.4 is 10.2 Å². The molecule has 1 aromatic heterocycles. The van der Waals surface area contributed by atoms with E-state index >= 15 is 0 Å². The van der Waals surface area contributed by atoms with Crippen molar-refractivity contribution in [2.45, 2.75) is 6.92 Å². The maximum absolute atomic E-state index is 12.4. The second-order valence-corrected chi connectivity index (χ2v) is 4.38. The first-order valence-electron chi connectivity index (χ1n) is 6.10. The Hall–Kier alpha value is -2.36. The van der Waals surface area contributed by atoms with E-state index in [0.717, 1.165) is 16.9 Å². The Labute approximate surface area is 113 Å². The molecule has 0 radical (unpaired) electrons. The number of nitrogens with one attached hydrogen (secondary N) is 1. The van der Waals surface area contributed by atoms with E-state index in [9.17, 15) is 4.79 Å². The molecule has 4 nitrogen and oxygen atoms in total. The standard InChI is InChI=1S/C15H17N3O/c1-11-5-4-6-13(9-11)18(3)15(19)14-10-12(16-2)7-8-17-14/h4-10H,1-3H3,(H,16,17). The molecule has 2 rings (SSSR count). The van der Waals surface area contributed by atoms with Crippen molar-refractivity contribution in [1.82, 2.24) is 4.98 Å². The van der Waals surface area contributed by atoms with Crippen molar-refractivity contribution in [3.05, 3.63) is 53.9 Å². The number of hydrogen-bond acceptors (Lipinski definition) is 3. The molecule has 1 N–H and O–H groups in total. The van der Waals surface area contributed by atoms with Crippen LogP contribution >= 0.6 is 0 Å². The van der Waals surface area contributed by atoms with E-state index in [2.05, 4.69) is 10.3 Å². The number of pyridine rings is 1. The van der Waals surface area contributed by atoms with E-state index in [1.807, 2.05) is 44.3 Å². The predicted octanol–water partition coefficient (Wildman–Crippen LogP) is 2.71. The normalized spacial score (nSPS) is 10.1. The summed E-state index contributed by atoms with van der Waals surface area (Å²) in [6, 6.07) is 11.4. The van der Waals surface area contributed by atoms with Gasteiger partial charge in [0.15, 0.2) is 0 Å². The molecule has 0 bridgehead atoms. The van der Waals surface area contributed by atoms with Crippen LogP contribution in [0, 0.1) is 6.92 Å². The summed E-state index contributed by atoms with van der Waals surface area (Å²) >= 11 is 0. The van der Waals surface area contributed by atoms with Crippen LogP contribution in [0.4, 0.5) is 11.4 Å². The average Bonchev–Trinajstić information content (AvgIpc) is 2.45. The van der Waals surface area contributed by atoms with E-state index in [0.29, 0.717) is 5.69 Å². The largest absolute Gasteiger partial charge is 0.388 e. The highest BCUT2D eigenvalue weighted by atomic mass is 16.2. The Balaban J connectivity index is 2.28. The number of benzene rings is 1. The third-order valence-electron chi connectivity index (χ3n) is 2.96. The summed E-state index contributed by atoms with van der Waals surface area (Å²) in [4.78, 5) is 18.1. The minimum absolute atomic E-state index is 0.122. The van der Waals surface area contributed by atoms with Gasteiger partial charge in [0.1, 0.15) is 5.69 Å². The average molecular weight is 255 g/mol. The van der Waals surface area contributed by atoms with Gasteiger partial charge in [0.2, 0.25) is 0 Å². The Bertz CT molecular complexity index is 595. The molecular formula is C15H17N3O. The Morgan fingerprint density at radius 3 is 2.74 bits per heavy atom. The van der Waals surface area contributed by atoms with E-state index in [-0.39, 0.29) is 5.91 Å². The van der Waals surface area contributed by atoms with Crippen LogP contribution in [0.25, 0.3) is 0 Å². The van der Waals surface area contributed by atoms with Gasteiger partial charge < -0.3 is 10.2 Å². The third kappa shape index (κ3) is 2.91. The number of anilines is 2. The van der Waals surface area contributed by atoms with Crippen LogP contribution in [-0.4, -0.2) is 25.0 Å². The lowest BCUT2D eigenvalue weighted by Gasteiger charge is -2.17. The summed E-state index contributed by atoms with van der Waals surface area (Å²) in [6.07, 6.45) is 1.63. The van der Waals surface area contributed by atoms with E-state index in [4.69, 9.17) is 0 Å². The van der Waals surface area contributed by atoms with Crippen molar-refractivity contribution < 1.29 is 4.79 Å². The van der Waals surface area contributed by atoms with Crippen LogP contribution in [0.1, 0.15) is 16.1 Å². The fourth-order valence-corrected chi connectivity index (χ4v) is 1.83. The molecule has 1 aromatic carbocycles. The highest BCUT2D eigenvalue weighted by Crippen LogP contribution is 2.17. The zero-order valence-electron chi connectivity index (χ0n) is 11.3. The van der Waals surface area contributed by atoms with Gasteiger partial charge in [-0.25, -0.2) is 0 Å². The highest BCUT2D eigenvalue weighted by Gasteiger charge is 2.15. The first-order valence-corrected chi connectivity index (χ1v) is 6.10. The van der Waals surface area contributed by atoms with Gasteiger partial charge in [-0.15, -0.1) is 0 Å². The maximum atomic E-state index is 12.4. The molecule has 4 heteroatoms. The van der Waals surface area contributed by atoms with Crippen molar-refractivity contribution in [2.75, 3.05) is 24.3 Å². The first-order chi connectivity index (χ1) is 9.11. The second-order valence-electron chi connectivity index (χ2n) is 4.38.